The molecular formula is C31H36N8O4S. The fraction of sp³-hybridized carbons (Fsp3) is 0.419. The van der Waals surface area contributed by atoms with Gasteiger partial charge in [-0.25, -0.2) is 9.97 Å². The van der Waals surface area contributed by atoms with Gasteiger partial charge in [-0.15, -0.1) is 11.3 Å². The van der Waals surface area contributed by atoms with Crippen LogP contribution in [0, 0.1) is 0 Å². The van der Waals surface area contributed by atoms with Crippen molar-refractivity contribution in [2.24, 2.45) is 0 Å². The van der Waals surface area contributed by atoms with Crippen molar-refractivity contribution >= 4 is 55.9 Å². The number of H-pyrrole nitrogens is 1. The van der Waals surface area contributed by atoms with Gasteiger partial charge < -0.3 is 19.9 Å². The van der Waals surface area contributed by atoms with Gasteiger partial charge in [0, 0.05) is 74.5 Å². The lowest BCUT2D eigenvalue weighted by Gasteiger charge is -2.34. The molecule has 13 heteroatoms. The maximum absolute atomic E-state index is 12.7. The Morgan fingerprint density at radius 1 is 1.07 bits per heavy atom. The number of rotatable bonds is 10. The third-order valence-electron chi connectivity index (χ3n) is 7.93. The lowest BCUT2D eigenvalue weighted by atomic mass is 10.1. The summed E-state index contributed by atoms with van der Waals surface area (Å²) in [5, 5.41) is 10.9. The number of hydrogen-bond acceptors (Lipinski definition) is 10. The molecule has 0 radical (unpaired) electrons. The van der Waals surface area contributed by atoms with Gasteiger partial charge in [-0.05, 0) is 25.1 Å². The van der Waals surface area contributed by atoms with Crippen LogP contribution in [0.4, 0.5) is 5.82 Å². The highest BCUT2D eigenvalue weighted by Crippen LogP contribution is 2.36. The molecule has 2 aliphatic rings. The molecule has 2 amide bonds. The molecule has 5 heterocycles. The van der Waals surface area contributed by atoms with Gasteiger partial charge >= 0.3 is 0 Å². The smallest absolute Gasteiger partial charge is 0.242 e. The van der Waals surface area contributed by atoms with Gasteiger partial charge in [-0.3, -0.25) is 24.4 Å². The molecule has 44 heavy (non-hydrogen) atoms. The van der Waals surface area contributed by atoms with Crippen molar-refractivity contribution in [2.45, 2.75) is 26.3 Å². The van der Waals surface area contributed by atoms with Crippen molar-refractivity contribution < 1.29 is 19.1 Å². The molecule has 12 nitrogen and oxygen atoms in total. The van der Waals surface area contributed by atoms with E-state index in [1.165, 1.54) is 11.0 Å². The molecule has 3 aromatic heterocycles. The van der Waals surface area contributed by atoms with Crippen LogP contribution < -0.4 is 10.2 Å². The van der Waals surface area contributed by atoms with Crippen molar-refractivity contribution in [3.05, 3.63) is 47.5 Å². The van der Waals surface area contributed by atoms with E-state index < -0.39 is 0 Å². The van der Waals surface area contributed by atoms with Crippen molar-refractivity contribution in [2.75, 3.05) is 63.9 Å². The number of carbonyl (C=O) groups excluding carboxylic acids is 3. The van der Waals surface area contributed by atoms with Gasteiger partial charge in [0.05, 0.1) is 41.7 Å². The second-order valence-corrected chi connectivity index (χ2v) is 12.1. The van der Waals surface area contributed by atoms with Crippen LogP contribution in [0.5, 0.6) is 0 Å². The average Bonchev–Trinajstić information content (AvgIpc) is 3.70. The number of aromatic amines is 1. The molecule has 0 bridgehead atoms. The first-order chi connectivity index (χ1) is 21.5. The molecule has 2 aliphatic heterocycles. The van der Waals surface area contributed by atoms with Crippen molar-refractivity contribution in [3.63, 3.8) is 0 Å². The number of thiophene rings is 1. The summed E-state index contributed by atoms with van der Waals surface area (Å²) in [7, 11) is 0. The Bertz CT molecular complexity index is 1680. The molecule has 0 unspecified atom stereocenters. The van der Waals surface area contributed by atoms with Crippen LogP contribution in [-0.2, 0) is 25.7 Å². The number of ketones is 1. The Balaban J connectivity index is 1.11. The lowest BCUT2D eigenvalue weighted by molar-refractivity contribution is -0.134. The van der Waals surface area contributed by atoms with Crippen LogP contribution in [0.15, 0.2) is 42.6 Å². The molecule has 0 atom stereocenters. The minimum absolute atomic E-state index is 0.0508. The Kier molecular flexibility index (Phi) is 9.24. The Morgan fingerprint density at radius 3 is 2.68 bits per heavy atom. The molecule has 2 fully saturated rings. The normalized spacial score (nSPS) is 16.3. The molecule has 1 aromatic carbocycles. The van der Waals surface area contributed by atoms with Gasteiger partial charge in [-0.2, -0.15) is 5.10 Å². The summed E-state index contributed by atoms with van der Waals surface area (Å²) in [6.07, 6.45) is 5.15. The maximum Gasteiger partial charge on any atom is 0.242 e. The summed E-state index contributed by atoms with van der Waals surface area (Å²) in [5.74, 6) is 1.13. The zero-order valence-corrected chi connectivity index (χ0v) is 25.6. The first kappa shape index (κ1) is 29.9. The summed E-state index contributed by atoms with van der Waals surface area (Å²) in [5.41, 5.74) is 2.81. The predicted molar refractivity (Wildman–Crippen MR) is 169 cm³/mol. The number of ether oxygens (including phenoxy) is 1. The van der Waals surface area contributed by atoms with E-state index >= 15 is 0 Å². The third kappa shape index (κ3) is 6.79. The van der Waals surface area contributed by atoms with E-state index in [1.54, 1.807) is 29.2 Å². The average molecular weight is 617 g/mol. The molecule has 230 valence electrons. The van der Waals surface area contributed by atoms with Crippen LogP contribution in [0.25, 0.3) is 32.5 Å². The largest absolute Gasteiger partial charge is 0.378 e. The highest BCUT2D eigenvalue weighted by Gasteiger charge is 2.24. The van der Waals surface area contributed by atoms with Crippen LogP contribution in [0.1, 0.15) is 24.6 Å². The van der Waals surface area contributed by atoms with Crippen LogP contribution >= 0.6 is 11.3 Å². The zero-order valence-electron chi connectivity index (χ0n) is 24.8. The van der Waals surface area contributed by atoms with Gasteiger partial charge in [0.15, 0.2) is 17.4 Å². The SMILES string of the molecule is C/C=C/C(=O)CCC(=O)NCC(=O)N1CCN(Cc2cc3nc(-c4cccc5[nH]ncc45)nc(N4CCOCC4)c3s2)CC1. The predicted octanol–water partition coefficient (Wildman–Crippen LogP) is 2.76. The van der Waals surface area contributed by atoms with E-state index in [0.717, 1.165) is 65.2 Å². The minimum Gasteiger partial charge on any atom is -0.378 e. The third-order valence-corrected chi connectivity index (χ3v) is 9.04. The number of amides is 2. The Hall–Kier alpha value is -4.20. The summed E-state index contributed by atoms with van der Waals surface area (Å²) in [4.78, 5) is 54.1. The van der Waals surface area contributed by atoms with Crippen molar-refractivity contribution in [3.8, 4) is 11.4 Å². The molecule has 4 aromatic rings. The summed E-state index contributed by atoms with van der Waals surface area (Å²) in [6, 6.07) is 8.19. The molecular weight excluding hydrogens is 580 g/mol. The topological polar surface area (TPSA) is 137 Å². The fourth-order valence-electron chi connectivity index (χ4n) is 5.57. The number of allylic oxidation sites excluding steroid dienone is 2. The molecule has 2 N–H and O–H groups in total. The monoisotopic (exact) mass is 616 g/mol. The van der Waals surface area contributed by atoms with Gasteiger partial charge in [-0.1, -0.05) is 18.2 Å². The quantitative estimate of drug-likeness (QED) is 0.258. The molecule has 6 rings (SSSR count). The minimum atomic E-state index is -0.288. The zero-order chi connectivity index (χ0) is 30.5. The van der Waals surface area contributed by atoms with Crippen LogP contribution in [-0.4, -0.2) is 107 Å². The summed E-state index contributed by atoms with van der Waals surface area (Å²) in [6.45, 7) is 8.02. The summed E-state index contributed by atoms with van der Waals surface area (Å²) >= 11 is 1.72. The molecule has 0 aliphatic carbocycles. The number of aromatic nitrogens is 4. The van der Waals surface area contributed by atoms with E-state index in [0.29, 0.717) is 32.1 Å². The number of fused-ring (bicyclic) bond motifs is 2. The van der Waals surface area contributed by atoms with Gasteiger partial charge in [0.2, 0.25) is 11.8 Å². The number of carbonyl (C=O) groups is 3. The number of anilines is 1. The number of hydrogen-bond donors (Lipinski definition) is 2. The second-order valence-electron chi connectivity index (χ2n) is 10.9. The Labute approximate surface area is 259 Å². The number of nitrogens with one attached hydrogen (secondary N) is 2. The van der Waals surface area contributed by atoms with E-state index in [4.69, 9.17) is 14.7 Å². The van der Waals surface area contributed by atoms with Crippen molar-refractivity contribution in [1.29, 1.82) is 0 Å². The molecule has 0 spiro atoms. The first-order valence-electron chi connectivity index (χ1n) is 15.0. The molecule has 0 saturated carbocycles. The maximum atomic E-state index is 12.7. The van der Waals surface area contributed by atoms with Gasteiger partial charge in [0.25, 0.3) is 0 Å². The highest BCUT2D eigenvalue weighted by atomic mass is 32.1. The standard InChI is InChI=1S/C31H36N8O4S/c1-2-4-21(40)7-8-27(41)32-19-28(42)38-11-9-37(10-12-38)20-22-17-26-29(44-22)31(39-13-15-43-16-14-39)35-30(34-26)23-5-3-6-25-24(23)18-33-36-25/h2-6,17-18H,7-16,19-20H2,1H3,(H,32,41)(H,33,36)/b4-2+. The fourth-order valence-corrected chi connectivity index (χ4v) is 6.73. The number of benzene rings is 1. The molecule has 2 saturated heterocycles. The highest BCUT2D eigenvalue weighted by molar-refractivity contribution is 7.19. The number of piperazine rings is 1. The number of nitrogens with zero attached hydrogens (tertiary/aromatic N) is 6. The van der Waals surface area contributed by atoms with E-state index in [9.17, 15) is 14.4 Å². The van der Waals surface area contributed by atoms with E-state index in [1.807, 2.05) is 24.4 Å². The summed E-state index contributed by atoms with van der Waals surface area (Å²) < 4.78 is 6.69. The number of morpholine rings is 1. The van der Waals surface area contributed by atoms with Crippen molar-refractivity contribution in [1.82, 2.24) is 35.3 Å². The van der Waals surface area contributed by atoms with Gasteiger partial charge in [0.1, 0.15) is 0 Å². The second kappa shape index (κ2) is 13.6. The lowest BCUT2D eigenvalue weighted by Crippen LogP contribution is -2.50. The van der Waals surface area contributed by atoms with E-state index in [2.05, 4.69) is 31.4 Å². The van der Waals surface area contributed by atoms with Crippen LogP contribution in [0.2, 0.25) is 0 Å². The van der Waals surface area contributed by atoms with Crippen LogP contribution in [0.3, 0.4) is 0 Å². The Morgan fingerprint density at radius 2 is 1.89 bits per heavy atom. The van der Waals surface area contributed by atoms with E-state index in [-0.39, 0.29) is 37.0 Å². The first-order valence-corrected chi connectivity index (χ1v) is 15.8.